The molecule has 122 valence electrons. The van der Waals surface area contributed by atoms with Gasteiger partial charge in [0.1, 0.15) is 17.4 Å². The van der Waals surface area contributed by atoms with Gasteiger partial charge in [-0.15, -0.1) is 0 Å². The number of rotatable bonds is 5. The molecule has 3 rings (SSSR count). The molecule has 2 aromatic rings. The van der Waals surface area contributed by atoms with E-state index in [1.54, 1.807) is 4.90 Å². The van der Waals surface area contributed by atoms with Crippen molar-refractivity contribution in [3.63, 3.8) is 0 Å². The summed E-state index contributed by atoms with van der Waals surface area (Å²) in [4.78, 5) is 9.51. The van der Waals surface area contributed by atoms with Gasteiger partial charge in [0.15, 0.2) is 0 Å². The third kappa shape index (κ3) is 3.07. The molecule has 0 radical (unpaired) electrons. The zero-order valence-corrected chi connectivity index (χ0v) is 13.7. The Bertz CT molecular complexity index is 776. The average molecular weight is 314 g/mol. The lowest BCUT2D eigenvalue weighted by Crippen LogP contribution is -2.31. The van der Waals surface area contributed by atoms with Gasteiger partial charge in [0.05, 0.1) is 35.9 Å². The normalized spacial score (nSPS) is 15.5. The van der Waals surface area contributed by atoms with Gasteiger partial charge in [0.2, 0.25) is 0 Å². The third-order valence-corrected chi connectivity index (χ3v) is 3.87. The molecule has 0 saturated heterocycles. The summed E-state index contributed by atoms with van der Waals surface area (Å²) >= 11 is 0. The largest absolute Gasteiger partial charge is 0.510 e. The van der Waals surface area contributed by atoms with E-state index in [1.165, 1.54) is 0 Å². The Balaban J connectivity index is 1.81. The van der Waals surface area contributed by atoms with Crippen LogP contribution in [0.15, 0.2) is 24.0 Å². The van der Waals surface area contributed by atoms with Crippen LogP contribution in [0.3, 0.4) is 0 Å². The number of aliphatic hydroxyl groups excluding tert-OH is 1. The molecular formula is C17H22N4O2. The minimum atomic E-state index is 0.159. The predicted octanol–water partition coefficient (Wildman–Crippen LogP) is 2.86. The number of H-pyrrole nitrogens is 1. The molecule has 23 heavy (non-hydrogen) atoms. The molecule has 1 aliphatic rings. The van der Waals surface area contributed by atoms with E-state index in [0.29, 0.717) is 31.1 Å². The van der Waals surface area contributed by atoms with Crippen molar-refractivity contribution in [3.05, 3.63) is 35.3 Å². The first-order chi connectivity index (χ1) is 11.0. The van der Waals surface area contributed by atoms with Crippen LogP contribution in [0.1, 0.15) is 25.2 Å². The topological polar surface area (TPSA) is 85.2 Å². The molecule has 0 amide bonds. The molecule has 0 saturated carbocycles. The summed E-state index contributed by atoms with van der Waals surface area (Å²) in [7, 11) is 0. The molecule has 1 aromatic carbocycles. The number of amidine groups is 1. The standard InChI is InChI=1S/C17H22N4O2/c1-10(2)23-7-6-21-9-14(22)15(16(21)18)17-19-12-5-4-11(3)8-13(12)20-17/h4-5,8,10,18,22H,6-7,9H2,1-3H3,(H,19,20). The molecule has 1 aliphatic heterocycles. The first kappa shape index (κ1) is 15.6. The highest BCUT2D eigenvalue weighted by molar-refractivity contribution is 6.23. The number of aromatic nitrogens is 2. The van der Waals surface area contributed by atoms with E-state index in [0.717, 1.165) is 16.6 Å². The van der Waals surface area contributed by atoms with Crippen molar-refractivity contribution >= 4 is 22.4 Å². The van der Waals surface area contributed by atoms with Crippen LogP contribution in [-0.4, -0.2) is 51.6 Å². The number of nitrogens with zero attached hydrogens (tertiary/aromatic N) is 2. The highest BCUT2D eigenvalue weighted by Crippen LogP contribution is 2.27. The van der Waals surface area contributed by atoms with Crippen molar-refractivity contribution in [2.75, 3.05) is 19.7 Å². The van der Waals surface area contributed by atoms with Gasteiger partial charge in [0, 0.05) is 6.54 Å². The van der Waals surface area contributed by atoms with Gasteiger partial charge < -0.3 is 19.7 Å². The quantitative estimate of drug-likeness (QED) is 0.792. The van der Waals surface area contributed by atoms with E-state index in [-0.39, 0.29) is 17.7 Å². The van der Waals surface area contributed by atoms with Gasteiger partial charge in [0.25, 0.3) is 0 Å². The van der Waals surface area contributed by atoms with Crippen LogP contribution in [0.5, 0.6) is 0 Å². The van der Waals surface area contributed by atoms with Gasteiger partial charge in [-0.05, 0) is 38.5 Å². The molecule has 6 heteroatoms. The SMILES string of the molecule is Cc1ccc2nc(C3=C(O)CN(CCOC(C)C)C3=N)[nH]c2c1. The Morgan fingerprint density at radius 3 is 2.96 bits per heavy atom. The number of hydrogen-bond donors (Lipinski definition) is 3. The summed E-state index contributed by atoms with van der Waals surface area (Å²) in [5.41, 5.74) is 3.36. The van der Waals surface area contributed by atoms with E-state index >= 15 is 0 Å². The van der Waals surface area contributed by atoms with Crippen LogP contribution in [0, 0.1) is 12.3 Å². The summed E-state index contributed by atoms with van der Waals surface area (Å²) in [5.74, 6) is 1.00. The number of nitrogens with one attached hydrogen (secondary N) is 2. The van der Waals surface area contributed by atoms with Gasteiger partial charge in [-0.3, -0.25) is 5.41 Å². The fourth-order valence-electron chi connectivity index (χ4n) is 2.71. The average Bonchev–Trinajstić information content (AvgIpc) is 2.99. The number of benzene rings is 1. The molecule has 0 spiro atoms. The smallest absolute Gasteiger partial charge is 0.145 e. The van der Waals surface area contributed by atoms with E-state index in [9.17, 15) is 5.11 Å². The molecule has 3 N–H and O–H groups in total. The molecule has 1 aromatic heterocycles. The van der Waals surface area contributed by atoms with E-state index in [1.807, 2.05) is 39.0 Å². The van der Waals surface area contributed by atoms with Gasteiger partial charge in [-0.25, -0.2) is 4.98 Å². The molecule has 0 aliphatic carbocycles. The molecular weight excluding hydrogens is 292 g/mol. The first-order valence-corrected chi connectivity index (χ1v) is 7.80. The van der Waals surface area contributed by atoms with Crippen molar-refractivity contribution in [3.8, 4) is 0 Å². The summed E-state index contributed by atoms with van der Waals surface area (Å²) in [6, 6.07) is 5.95. The van der Waals surface area contributed by atoms with Gasteiger partial charge in [-0.1, -0.05) is 6.07 Å². The highest BCUT2D eigenvalue weighted by atomic mass is 16.5. The number of aliphatic hydroxyl groups is 1. The monoisotopic (exact) mass is 314 g/mol. The third-order valence-electron chi connectivity index (χ3n) is 3.87. The van der Waals surface area contributed by atoms with Crippen molar-refractivity contribution in [1.82, 2.24) is 14.9 Å². The lowest BCUT2D eigenvalue weighted by molar-refractivity contribution is 0.0705. The van der Waals surface area contributed by atoms with E-state index < -0.39 is 0 Å². The first-order valence-electron chi connectivity index (χ1n) is 7.80. The summed E-state index contributed by atoms with van der Waals surface area (Å²) in [5, 5.41) is 18.6. The number of aromatic amines is 1. The highest BCUT2D eigenvalue weighted by Gasteiger charge is 2.30. The molecule has 6 nitrogen and oxygen atoms in total. The maximum absolute atomic E-state index is 10.3. The van der Waals surface area contributed by atoms with Crippen LogP contribution >= 0.6 is 0 Å². The van der Waals surface area contributed by atoms with E-state index in [4.69, 9.17) is 10.1 Å². The van der Waals surface area contributed by atoms with Crippen molar-refractivity contribution in [2.45, 2.75) is 26.9 Å². The van der Waals surface area contributed by atoms with Crippen molar-refractivity contribution in [1.29, 1.82) is 5.41 Å². The fourth-order valence-corrected chi connectivity index (χ4v) is 2.71. The van der Waals surface area contributed by atoms with Gasteiger partial charge in [-0.2, -0.15) is 0 Å². The van der Waals surface area contributed by atoms with Crippen LogP contribution in [0.25, 0.3) is 16.6 Å². The summed E-state index contributed by atoms with van der Waals surface area (Å²) < 4.78 is 5.53. The zero-order valence-electron chi connectivity index (χ0n) is 13.7. The maximum Gasteiger partial charge on any atom is 0.145 e. The summed E-state index contributed by atoms with van der Waals surface area (Å²) in [6.07, 6.45) is 0.159. The number of imidazole rings is 1. The Hall–Kier alpha value is -2.34. The predicted molar refractivity (Wildman–Crippen MR) is 90.8 cm³/mol. The second-order valence-electron chi connectivity index (χ2n) is 6.12. The Kier molecular flexibility index (Phi) is 4.09. The molecule has 2 heterocycles. The Labute approximate surface area is 135 Å². The van der Waals surface area contributed by atoms with Gasteiger partial charge >= 0.3 is 0 Å². The van der Waals surface area contributed by atoms with E-state index in [2.05, 4.69) is 9.97 Å². The number of ether oxygens (including phenoxy) is 1. The molecule has 0 fully saturated rings. The van der Waals surface area contributed by atoms with Crippen LogP contribution < -0.4 is 0 Å². The molecule has 0 unspecified atom stereocenters. The second-order valence-corrected chi connectivity index (χ2v) is 6.12. The molecule has 0 bridgehead atoms. The Morgan fingerprint density at radius 1 is 1.43 bits per heavy atom. The number of aryl methyl sites for hydroxylation is 1. The minimum absolute atomic E-state index is 0.159. The zero-order chi connectivity index (χ0) is 16.6. The Morgan fingerprint density at radius 2 is 2.22 bits per heavy atom. The van der Waals surface area contributed by atoms with Crippen LogP contribution in [-0.2, 0) is 4.74 Å². The fraction of sp³-hybridized carbons (Fsp3) is 0.412. The number of fused-ring (bicyclic) bond motifs is 1. The van der Waals surface area contributed by atoms with Crippen molar-refractivity contribution in [2.24, 2.45) is 0 Å². The second kappa shape index (κ2) is 6.04. The van der Waals surface area contributed by atoms with Crippen molar-refractivity contribution < 1.29 is 9.84 Å². The van der Waals surface area contributed by atoms with Crippen LogP contribution in [0.4, 0.5) is 0 Å². The summed E-state index contributed by atoms with van der Waals surface area (Å²) in [6.45, 7) is 7.40. The lowest BCUT2D eigenvalue weighted by atomic mass is 10.2. The molecule has 0 atom stereocenters. The number of hydrogen-bond acceptors (Lipinski definition) is 4. The maximum atomic E-state index is 10.3. The van der Waals surface area contributed by atoms with Crippen LogP contribution in [0.2, 0.25) is 0 Å². The minimum Gasteiger partial charge on any atom is -0.510 e. The lowest BCUT2D eigenvalue weighted by Gasteiger charge is -2.19.